The maximum atomic E-state index is 13.5. The fourth-order valence-electron chi connectivity index (χ4n) is 7.42. The molecule has 0 spiro atoms. The molecule has 2 atom stereocenters. The zero-order valence-electron chi connectivity index (χ0n) is 27.0. The molecule has 1 aromatic carbocycles. The molecule has 6 rings (SSSR count). The zero-order chi connectivity index (χ0) is 32.2. The van der Waals surface area contributed by atoms with E-state index < -0.39 is 29.4 Å². The van der Waals surface area contributed by atoms with Crippen LogP contribution in [0, 0.1) is 6.92 Å². The number of nitrogens with zero attached hydrogens (tertiary/aromatic N) is 4. The van der Waals surface area contributed by atoms with Gasteiger partial charge in [0, 0.05) is 56.9 Å². The predicted molar refractivity (Wildman–Crippen MR) is 165 cm³/mol. The number of piperazine rings is 1. The van der Waals surface area contributed by atoms with Crippen LogP contribution in [0.1, 0.15) is 92.5 Å². The number of imide groups is 2. The molecule has 5 aliphatic rings. The third-order valence-electron chi connectivity index (χ3n) is 9.87. The Morgan fingerprint density at radius 1 is 0.933 bits per heavy atom. The summed E-state index contributed by atoms with van der Waals surface area (Å²) in [5.74, 6) is -1.93. The van der Waals surface area contributed by atoms with Gasteiger partial charge in [-0.05, 0) is 84.4 Å². The van der Waals surface area contributed by atoms with Crippen LogP contribution in [0.3, 0.4) is 0 Å². The van der Waals surface area contributed by atoms with E-state index in [4.69, 9.17) is 9.47 Å². The van der Waals surface area contributed by atoms with Gasteiger partial charge in [-0.1, -0.05) is 0 Å². The lowest BCUT2D eigenvalue weighted by molar-refractivity contribution is -0.136. The summed E-state index contributed by atoms with van der Waals surface area (Å²) in [6, 6.07) is 3.32. The summed E-state index contributed by atoms with van der Waals surface area (Å²) in [6.45, 7) is 13.6. The fraction of sp³-hybridized carbons (Fsp3) is 0.667. The number of benzene rings is 1. The van der Waals surface area contributed by atoms with E-state index in [-0.39, 0.29) is 43.1 Å². The average Bonchev–Trinajstić information content (AvgIpc) is 3.20. The predicted octanol–water partition coefficient (Wildman–Crippen LogP) is 2.85. The monoisotopic (exact) mass is 623 g/mol. The normalized spacial score (nSPS) is 28.2. The Bertz CT molecular complexity index is 1390. The summed E-state index contributed by atoms with van der Waals surface area (Å²) in [4.78, 5) is 70.8. The first kappa shape index (κ1) is 31.5. The van der Waals surface area contributed by atoms with Gasteiger partial charge in [0.1, 0.15) is 11.6 Å². The first-order valence-corrected chi connectivity index (χ1v) is 16.3. The Morgan fingerprint density at radius 2 is 1.64 bits per heavy atom. The summed E-state index contributed by atoms with van der Waals surface area (Å²) in [5, 5.41) is 2.25. The van der Waals surface area contributed by atoms with Crippen molar-refractivity contribution in [1.82, 2.24) is 20.0 Å². The highest BCUT2D eigenvalue weighted by atomic mass is 16.6. The van der Waals surface area contributed by atoms with E-state index in [2.05, 4.69) is 22.0 Å². The molecule has 0 radical (unpaired) electrons. The van der Waals surface area contributed by atoms with Crippen molar-refractivity contribution >= 4 is 35.4 Å². The Morgan fingerprint density at radius 3 is 2.29 bits per heavy atom. The first-order chi connectivity index (χ1) is 21.3. The van der Waals surface area contributed by atoms with Crippen molar-refractivity contribution in [3.05, 3.63) is 28.8 Å². The second-order valence-corrected chi connectivity index (χ2v) is 14.2. The second kappa shape index (κ2) is 12.0. The zero-order valence-corrected chi connectivity index (χ0v) is 27.0. The highest BCUT2D eigenvalue weighted by molar-refractivity contribution is 6.24. The Hall–Kier alpha value is -3.51. The van der Waals surface area contributed by atoms with Gasteiger partial charge < -0.3 is 19.3 Å². The average molecular weight is 624 g/mol. The molecule has 1 unspecified atom stereocenters. The van der Waals surface area contributed by atoms with Crippen LogP contribution in [0.4, 0.5) is 10.5 Å². The van der Waals surface area contributed by atoms with Gasteiger partial charge in [-0.15, -0.1) is 0 Å². The number of carbonyl (C=O) groups is 5. The third kappa shape index (κ3) is 6.18. The number of rotatable bonds is 5. The van der Waals surface area contributed by atoms with E-state index in [0.717, 1.165) is 61.5 Å². The molecule has 3 saturated heterocycles. The molecule has 4 heterocycles. The minimum absolute atomic E-state index is 0.0961. The summed E-state index contributed by atoms with van der Waals surface area (Å²) < 4.78 is 11.9. The second-order valence-electron chi connectivity index (χ2n) is 14.2. The molecule has 1 aliphatic carbocycles. The molecule has 1 saturated carbocycles. The quantitative estimate of drug-likeness (QED) is 0.493. The number of nitrogens with one attached hydrogen (secondary N) is 1. The van der Waals surface area contributed by atoms with Gasteiger partial charge in [-0.2, -0.15) is 0 Å². The van der Waals surface area contributed by atoms with Crippen molar-refractivity contribution in [2.75, 3.05) is 37.6 Å². The van der Waals surface area contributed by atoms with E-state index >= 15 is 0 Å². The van der Waals surface area contributed by atoms with Crippen molar-refractivity contribution < 1.29 is 33.4 Å². The Labute approximate surface area is 264 Å². The summed E-state index contributed by atoms with van der Waals surface area (Å²) >= 11 is 0. The molecule has 1 N–H and O–H groups in total. The van der Waals surface area contributed by atoms with Gasteiger partial charge in [-0.25, -0.2) is 4.79 Å². The maximum absolute atomic E-state index is 13.5. The van der Waals surface area contributed by atoms with Crippen LogP contribution >= 0.6 is 0 Å². The minimum atomic E-state index is -0.972. The van der Waals surface area contributed by atoms with Gasteiger partial charge in [0.15, 0.2) is 0 Å². The Kier molecular flexibility index (Phi) is 8.40. The van der Waals surface area contributed by atoms with Crippen LogP contribution in [-0.2, 0) is 19.1 Å². The van der Waals surface area contributed by atoms with Gasteiger partial charge in [0.05, 0.1) is 23.3 Å². The number of likely N-dealkylation sites (tertiary alicyclic amines) is 1. The number of amides is 5. The molecule has 0 aromatic heterocycles. The number of hydrogen-bond donors (Lipinski definition) is 1. The molecule has 5 amide bonds. The summed E-state index contributed by atoms with van der Waals surface area (Å²) in [7, 11) is 0. The van der Waals surface area contributed by atoms with Gasteiger partial charge in [0.2, 0.25) is 11.8 Å². The van der Waals surface area contributed by atoms with E-state index in [1.807, 2.05) is 33.8 Å². The molecule has 4 aliphatic heterocycles. The molecule has 4 fully saturated rings. The van der Waals surface area contributed by atoms with Crippen LogP contribution in [-0.4, -0.2) is 113 Å². The standard InChI is InChI=1S/C33H45N5O7/c1-19-18-36(21-16-23(17-21)44-22-10-12-35(13-11-22)32(43)45-33(3,4)5)14-15-37(19)25-7-6-24-28(20(25)2)31(42)38(30(24)41)26-8-9-27(39)34-29(26)40/h6-7,19,21-23,26H,8-18H2,1-5H3,(H,34,39,40)/t19-,21-,23-,26?/m1/s1. The molecule has 0 bridgehead atoms. The summed E-state index contributed by atoms with van der Waals surface area (Å²) in [5.41, 5.74) is 1.85. The molecule has 12 nitrogen and oxygen atoms in total. The fourth-order valence-corrected chi connectivity index (χ4v) is 7.42. The molecular formula is C33H45N5O7. The SMILES string of the molecule is Cc1c(N2CCN([C@H]3C[C@H](OC4CCN(C(=O)OC(C)(C)C)CC4)C3)C[C@H]2C)ccc2c1C(=O)N(C1CCC(=O)NC1=O)C2=O. The van der Waals surface area contributed by atoms with E-state index in [1.54, 1.807) is 11.0 Å². The first-order valence-electron chi connectivity index (χ1n) is 16.3. The molecule has 1 aromatic rings. The highest BCUT2D eigenvalue weighted by Crippen LogP contribution is 2.37. The number of anilines is 1. The molecular weight excluding hydrogens is 578 g/mol. The lowest BCUT2D eigenvalue weighted by atomic mass is 9.86. The van der Waals surface area contributed by atoms with E-state index in [1.165, 1.54) is 0 Å². The highest BCUT2D eigenvalue weighted by Gasteiger charge is 2.46. The van der Waals surface area contributed by atoms with Crippen molar-refractivity contribution in [1.29, 1.82) is 0 Å². The number of hydrogen-bond acceptors (Lipinski definition) is 9. The van der Waals surface area contributed by atoms with Crippen molar-refractivity contribution in [2.24, 2.45) is 0 Å². The van der Waals surface area contributed by atoms with Crippen LogP contribution in [0.15, 0.2) is 12.1 Å². The van der Waals surface area contributed by atoms with Crippen molar-refractivity contribution in [3.8, 4) is 0 Å². The van der Waals surface area contributed by atoms with E-state index in [0.29, 0.717) is 30.3 Å². The third-order valence-corrected chi connectivity index (χ3v) is 9.87. The smallest absolute Gasteiger partial charge is 0.410 e. The lowest BCUT2D eigenvalue weighted by Gasteiger charge is -2.50. The molecule has 45 heavy (non-hydrogen) atoms. The van der Waals surface area contributed by atoms with E-state index in [9.17, 15) is 24.0 Å². The number of carbonyl (C=O) groups excluding carboxylic acids is 5. The largest absolute Gasteiger partial charge is 0.444 e. The van der Waals surface area contributed by atoms with Crippen molar-refractivity contribution in [2.45, 2.75) is 109 Å². The van der Waals surface area contributed by atoms with Gasteiger partial charge >= 0.3 is 6.09 Å². The van der Waals surface area contributed by atoms with Crippen LogP contribution in [0.25, 0.3) is 0 Å². The molecule has 244 valence electrons. The number of fused-ring (bicyclic) bond motifs is 1. The topological polar surface area (TPSA) is 129 Å². The van der Waals surface area contributed by atoms with Gasteiger partial charge in [-0.3, -0.25) is 34.3 Å². The van der Waals surface area contributed by atoms with Crippen LogP contribution in [0.5, 0.6) is 0 Å². The number of piperidine rings is 2. The Balaban J connectivity index is 1.00. The maximum Gasteiger partial charge on any atom is 0.410 e. The van der Waals surface area contributed by atoms with Crippen molar-refractivity contribution in [3.63, 3.8) is 0 Å². The van der Waals surface area contributed by atoms with Crippen LogP contribution < -0.4 is 10.2 Å². The lowest BCUT2D eigenvalue weighted by Crippen LogP contribution is -2.59. The number of ether oxygens (including phenoxy) is 2. The molecule has 12 heteroatoms. The van der Waals surface area contributed by atoms with Crippen LogP contribution in [0.2, 0.25) is 0 Å². The van der Waals surface area contributed by atoms with Gasteiger partial charge in [0.25, 0.3) is 11.8 Å². The summed E-state index contributed by atoms with van der Waals surface area (Å²) in [6.07, 6.45) is 4.08. The minimum Gasteiger partial charge on any atom is -0.444 e.